The maximum atomic E-state index is 14.6. The van der Waals surface area contributed by atoms with Crippen molar-refractivity contribution in [1.29, 1.82) is 0 Å². The van der Waals surface area contributed by atoms with E-state index in [-0.39, 0.29) is 68.7 Å². The van der Waals surface area contributed by atoms with E-state index >= 15 is 0 Å². The summed E-state index contributed by atoms with van der Waals surface area (Å²) >= 11 is 0. The van der Waals surface area contributed by atoms with E-state index in [9.17, 15) is 24.0 Å². The first kappa shape index (κ1) is 49.2. The summed E-state index contributed by atoms with van der Waals surface area (Å²) in [7, 11) is 0. The molecular formula is C60H75N3O5. The monoisotopic (exact) mass is 918 g/mol. The molecule has 2 aliphatic carbocycles. The van der Waals surface area contributed by atoms with Crippen LogP contribution in [0.2, 0.25) is 0 Å². The third-order valence-electron chi connectivity index (χ3n) is 17.7. The van der Waals surface area contributed by atoms with Crippen molar-refractivity contribution in [3.63, 3.8) is 0 Å². The lowest BCUT2D eigenvalue weighted by Crippen LogP contribution is -2.53. The first-order valence-corrected chi connectivity index (χ1v) is 26.2. The van der Waals surface area contributed by atoms with Crippen LogP contribution in [0.1, 0.15) is 224 Å². The number of amides is 4. The van der Waals surface area contributed by atoms with Gasteiger partial charge in [-0.05, 0) is 154 Å². The number of carbonyl (C=O) groups excluding carboxylic acids is 5. The molecule has 4 amide bonds. The van der Waals surface area contributed by atoms with E-state index in [0.29, 0.717) is 29.9 Å². The first-order chi connectivity index (χ1) is 32.7. The zero-order chi connectivity index (χ0) is 48.4. The first-order valence-electron chi connectivity index (χ1n) is 26.2. The van der Waals surface area contributed by atoms with Gasteiger partial charge >= 0.3 is 0 Å². The number of ketones is 1. The molecular weight excluding hydrogens is 843 g/mol. The third-order valence-corrected chi connectivity index (χ3v) is 17.7. The van der Waals surface area contributed by atoms with Crippen LogP contribution in [-0.4, -0.2) is 63.4 Å². The van der Waals surface area contributed by atoms with Gasteiger partial charge in [0.05, 0.1) is 28.3 Å². The fraction of sp³-hybridized carbons (Fsp3) is 0.517. The topological polar surface area (TPSA) is 104 Å². The highest BCUT2D eigenvalue weighted by Crippen LogP contribution is 2.51. The van der Waals surface area contributed by atoms with Gasteiger partial charge in [0.15, 0.2) is 5.78 Å². The van der Waals surface area contributed by atoms with Gasteiger partial charge in [-0.15, -0.1) is 0 Å². The highest BCUT2D eigenvalue weighted by atomic mass is 16.2. The van der Waals surface area contributed by atoms with Gasteiger partial charge in [-0.3, -0.25) is 33.8 Å². The molecule has 2 heterocycles. The number of nitrogens with zero attached hydrogens (tertiary/aromatic N) is 2. The van der Waals surface area contributed by atoms with E-state index < -0.39 is 11.4 Å². The predicted molar refractivity (Wildman–Crippen MR) is 272 cm³/mol. The molecule has 0 saturated heterocycles. The van der Waals surface area contributed by atoms with Crippen LogP contribution >= 0.6 is 0 Å². The molecule has 4 aliphatic rings. The lowest BCUT2D eigenvalue weighted by molar-refractivity contribution is 0.0431. The molecule has 2 aliphatic heterocycles. The number of rotatable bonds is 17. The van der Waals surface area contributed by atoms with Gasteiger partial charge < -0.3 is 5.32 Å². The summed E-state index contributed by atoms with van der Waals surface area (Å²) in [6.45, 7) is 15.6. The Morgan fingerprint density at radius 3 is 1.72 bits per heavy atom. The Kier molecular flexibility index (Phi) is 14.8. The van der Waals surface area contributed by atoms with E-state index in [1.54, 1.807) is 30.3 Å². The lowest BCUT2D eigenvalue weighted by atomic mass is 9.63. The summed E-state index contributed by atoms with van der Waals surface area (Å²) < 4.78 is 0. The Hall–Kier alpha value is -5.21. The van der Waals surface area contributed by atoms with E-state index in [1.165, 1.54) is 76.6 Å². The fourth-order valence-electron chi connectivity index (χ4n) is 12.5. The van der Waals surface area contributed by atoms with Crippen LogP contribution in [0.25, 0.3) is 0 Å². The van der Waals surface area contributed by atoms with Gasteiger partial charge in [0, 0.05) is 22.7 Å². The van der Waals surface area contributed by atoms with Crippen LogP contribution in [0.3, 0.4) is 0 Å². The largest absolute Gasteiger partial charge is 0.312 e. The minimum Gasteiger partial charge on any atom is -0.312 e. The summed E-state index contributed by atoms with van der Waals surface area (Å²) in [6.07, 6.45) is 17.6. The quantitative estimate of drug-likeness (QED) is 0.0643. The van der Waals surface area contributed by atoms with Crippen LogP contribution in [0.4, 0.5) is 0 Å². The second-order valence-corrected chi connectivity index (χ2v) is 21.3. The number of aryl methyl sites for hydroxylation is 1. The zero-order valence-corrected chi connectivity index (χ0v) is 42.0. The Balaban J connectivity index is 0.997. The van der Waals surface area contributed by atoms with E-state index in [0.717, 1.165) is 64.3 Å². The smallest absolute Gasteiger partial charge is 0.262 e. The number of likely N-dealkylation sites (N-methyl/N-ethyl adjacent to an activating group) is 1. The molecule has 3 atom stereocenters. The lowest BCUT2D eigenvalue weighted by Gasteiger charge is -2.44. The Morgan fingerprint density at radius 2 is 1.15 bits per heavy atom. The average molecular weight is 918 g/mol. The molecule has 4 aromatic rings. The number of nitrogens with one attached hydrogen (secondary N) is 1. The number of hydrogen-bond acceptors (Lipinski definition) is 6. The van der Waals surface area contributed by atoms with Crippen LogP contribution < -0.4 is 5.32 Å². The van der Waals surface area contributed by atoms with Crippen molar-refractivity contribution in [2.75, 3.05) is 6.54 Å². The third kappa shape index (κ3) is 9.31. The van der Waals surface area contributed by atoms with Crippen LogP contribution in [0, 0.1) is 11.3 Å². The van der Waals surface area contributed by atoms with Gasteiger partial charge in [0.1, 0.15) is 0 Å². The molecule has 68 heavy (non-hydrogen) atoms. The van der Waals surface area contributed by atoms with Crippen molar-refractivity contribution in [3.05, 3.63) is 141 Å². The van der Waals surface area contributed by atoms with Crippen molar-refractivity contribution >= 4 is 29.4 Å². The summed E-state index contributed by atoms with van der Waals surface area (Å²) in [5, 5.41) is 3.82. The van der Waals surface area contributed by atoms with Crippen LogP contribution in [0.15, 0.2) is 84.9 Å². The maximum absolute atomic E-state index is 14.6. The molecule has 8 heteroatoms. The van der Waals surface area contributed by atoms with E-state index in [4.69, 9.17) is 0 Å². The zero-order valence-electron chi connectivity index (χ0n) is 42.0. The molecule has 8 nitrogen and oxygen atoms in total. The summed E-state index contributed by atoms with van der Waals surface area (Å²) in [4.78, 5) is 73.1. The summed E-state index contributed by atoms with van der Waals surface area (Å²) in [5.74, 6) is -1.18. The SMILES string of the molecule is CCNC1CC(CCc2ccc(Cc3ccc(C(C)(CC)CC)cc3)cc2)(C2CCCCCC2)CCCC1N1C(=O)c2ccc(C(=O)c3ccc4c(c3)C(=O)N(C(C)(CC)CC)C4=O)cc2C1=O. The average Bonchev–Trinajstić information content (AvgIpc) is 3.54. The standard InChI is InChI=1S/C60H75N3O5/c1-8-58(6,9-2)45-29-25-42(26-30-45)36-41-23-21-40(22-24-41)33-35-60(46-18-15-13-14-16-19-46)34-17-20-52(51(39-60)61-12-5)62-54(65)47-31-27-43(37-49(47)55(62)66)53(64)44-28-32-48-50(38-44)57(68)63(56(48)67)59(7,10-3)11-4/h21-32,37-38,46,51-52,61H,8-20,33-36,39H2,1-7H3. The molecule has 0 bridgehead atoms. The van der Waals surface area contributed by atoms with Gasteiger partial charge in [-0.2, -0.15) is 0 Å². The van der Waals surface area contributed by atoms with Crippen molar-refractivity contribution in [2.24, 2.45) is 11.3 Å². The number of imide groups is 2. The van der Waals surface area contributed by atoms with Crippen molar-refractivity contribution < 1.29 is 24.0 Å². The fourth-order valence-corrected chi connectivity index (χ4v) is 12.5. The second-order valence-electron chi connectivity index (χ2n) is 21.3. The van der Waals surface area contributed by atoms with Crippen LogP contribution in [-0.2, 0) is 18.3 Å². The minimum absolute atomic E-state index is 0.0659. The summed E-state index contributed by atoms with van der Waals surface area (Å²) in [6, 6.07) is 27.6. The van der Waals surface area contributed by atoms with Crippen molar-refractivity contribution in [1.82, 2.24) is 15.1 Å². The number of carbonyl (C=O) groups is 5. The molecule has 8 rings (SSSR count). The van der Waals surface area contributed by atoms with Crippen molar-refractivity contribution in [3.8, 4) is 0 Å². The second kappa shape index (κ2) is 20.4. The molecule has 0 spiro atoms. The highest BCUT2D eigenvalue weighted by molar-refractivity contribution is 6.24. The molecule has 2 fully saturated rings. The van der Waals surface area contributed by atoms with E-state index in [1.807, 2.05) is 20.8 Å². The maximum Gasteiger partial charge on any atom is 0.262 e. The highest BCUT2D eigenvalue weighted by Gasteiger charge is 2.49. The molecule has 0 aromatic heterocycles. The molecule has 3 unspecified atom stereocenters. The number of fused-ring (bicyclic) bond motifs is 2. The Labute approximate surface area is 406 Å². The molecule has 360 valence electrons. The number of benzene rings is 4. The number of hydrogen-bond donors (Lipinski definition) is 1. The molecule has 0 radical (unpaired) electrons. The summed E-state index contributed by atoms with van der Waals surface area (Å²) in [5.41, 5.74) is 6.69. The van der Waals surface area contributed by atoms with Crippen LogP contribution in [0.5, 0.6) is 0 Å². The Bertz CT molecular complexity index is 2510. The van der Waals surface area contributed by atoms with Gasteiger partial charge in [0.25, 0.3) is 23.6 Å². The van der Waals surface area contributed by atoms with Crippen molar-refractivity contribution in [2.45, 2.75) is 181 Å². The molecule has 1 N–H and O–H groups in total. The normalized spacial score (nSPS) is 21.5. The minimum atomic E-state index is -0.636. The Morgan fingerprint density at radius 1 is 0.618 bits per heavy atom. The van der Waals surface area contributed by atoms with Gasteiger partial charge in [-0.25, -0.2) is 0 Å². The van der Waals surface area contributed by atoms with E-state index in [2.05, 4.69) is 81.5 Å². The van der Waals surface area contributed by atoms with Gasteiger partial charge in [-0.1, -0.05) is 134 Å². The predicted octanol–water partition coefficient (Wildman–Crippen LogP) is 12.9. The van der Waals surface area contributed by atoms with Gasteiger partial charge in [0.2, 0.25) is 0 Å². The molecule has 4 aromatic carbocycles. The molecule has 2 saturated carbocycles.